The molecule has 0 spiro atoms. The number of hydrogen-bond acceptors (Lipinski definition) is 5. The van der Waals surface area contributed by atoms with Crippen LogP contribution in [-0.2, 0) is 17.6 Å². The van der Waals surface area contributed by atoms with Gasteiger partial charge in [0.25, 0.3) is 0 Å². The topological polar surface area (TPSA) is 58.1 Å². The Kier molecular flexibility index (Phi) is 5.38. The van der Waals surface area contributed by atoms with Gasteiger partial charge in [0, 0.05) is 30.9 Å². The molecule has 1 aliphatic carbocycles. The summed E-state index contributed by atoms with van der Waals surface area (Å²) in [5.41, 5.74) is 1.47. The van der Waals surface area contributed by atoms with Crippen molar-refractivity contribution in [3.05, 3.63) is 16.8 Å². The number of amides is 1. The number of aromatic nitrogens is 2. The molecule has 1 aliphatic heterocycles. The lowest BCUT2D eigenvalue weighted by Crippen LogP contribution is -2.32. The zero-order valence-electron chi connectivity index (χ0n) is 15.6. The van der Waals surface area contributed by atoms with Gasteiger partial charge < -0.3 is 10.2 Å². The Hall–Kier alpha value is -1.69. The molecule has 2 aliphatic rings. The van der Waals surface area contributed by atoms with Gasteiger partial charge in [-0.05, 0) is 50.0 Å². The number of carbonyl (C=O) groups is 1. The van der Waals surface area contributed by atoms with Crippen LogP contribution >= 0.6 is 11.3 Å². The van der Waals surface area contributed by atoms with E-state index in [0.29, 0.717) is 5.91 Å². The van der Waals surface area contributed by atoms with Crippen molar-refractivity contribution in [3.63, 3.8) is 0 Å². The Balaban J connectivity index is 1.40. The van der Waals surface area contributed by atoms with E-state index in [0.717, 1.165) is 68.3 Å². The lowest BCUT2D eigenvalue weighted by molar-refractivity contribution is -0.130. The van der Waals surface area contributed by atoms with Gasteiger partial charge in [-0.15, -0.1) is 11.3 Å². The highest BCUT2D eigenvalue weighted by Gasteiger charge is 2.23. The summed E-state index contributed by atoms with van der Waals surface area (Å²) in [6.07, 6.45) is 10.3. The van der Waals surface area contributed by atoms with Crippen LogP contribution in [0, 0.1) is 5.92 Å². The maximum atomic E-state index is 12.1. The molecule has 26 heavy (non-hydrogen) atoms. The zero-order valence-corrected chi connectivity index (χ0v) is 16.4. The number of fused-ring (bicyclic) bond motifs is 3. The first-order valence-corrected chi connectivity index (χ1v) is 10.8. The minimum atomic E-state index is 0.327. The Morgan fingerprint density at radius 1 is 1.27 bits per heavy atom. The van der Waals surface area contributed by atoms with Gasteiger partial charge in [-0.1, -0.05) is 13.3 Å². The number of anilines is 1. The third kappa shape index (κ3) is 3.70. The van der Waals surface area contributed by atoms with Crippen LogP contribution in [0.4, 0.5) is 5.82 Å². The lowest BCUT2D eigenvalue weighted by atomic mass is 9.89. The molecular formula is C20H28N4OS. The summed E-state index contributed by atoms with van der Waals surface area (Å²) < 4.78 is 0. The van der Waals surface area contributed by atoms with Gasteiger partial charge in [0.1, 0.15) is 17.0 Å². The molecule has 2 aromatic heterocycles. The van der Waals surface area contributed by atoms with E-state index in [1.54, 1.807) is 6.33 Å². The molecule has 1 saturated heterocycles. The first-order valence-electron chi connectivity index (χ1n) is 9.99. The minimum Gasteiger partial charge on any atom is -0.369 e. The molecule has 3 heterocycles. The van der Waals surface area contributed by atoms with E-state index in [1.807, 2.05) is 16.2 Å². The van der Waals surface area contributed by atoms with Crippen molar-refractivity contribution in [1.29, 1.82) is 0 Å². The third-order valence-corrected chi connectivity index (χ3v) is 6.82. The second kappa shape index (κ2) is 7.91. The Morgan fingerprint density at radius 2 is 2.19 bits per heavy atom. The first kappa shape index (κ1) is 17.7. The van der Waals surface area contributed by atoms with Crippen LogP contribution < -0.4 is 5.32 Å². The smallest absolute Gasteiger partial charge is 0.222 e. The fraction of sp³-hybridized carbons (Fsp3) is 0.650. The maximum absolute atomic E-state index is 12.1. The van der Waals surface area contributed by atoms with Crippen LogP contribution in [-0.4, -0.2) is 40.4 Å². The lowest BCUT2D eigenvalue weighted by Gasteiger charge is -2.20. The molecule has 0 saturated carbocycles. The Bertz CT molecular complexity index is 787. The number of aryl methyl sites for hydroxylation is 1. The highest BCUT2D eigenvalue weighted by molar-refractivity contribution is 7.19. The summed E-state index contributed by atoms with van der Waals surface area (Å²) in [6.45, 7) is 4.95. The van der Waals surface area contributed by atoms with Crippen molar-refractivity contribution in [1.82, 2.24) is 14.9 Å². The number of hydrogen-bond donors (Lipinski definition) is 1. The number of nitrogens with zero attached hydrogens (tertiary/aromatic N) is 3. The second-order valence-electron chi connectivity index (χ2n) is 7.73. The van der Waals surface area contributed by atoms with Gasteiger partial charge in [-0.25, -0.2) is 9.97 Å². The molecule has 0 radical (unpaired) electrons. The molecule has 4 rings (SSSR count). The summed E-state index contributed by atoms with van der Waals surface area (Å²) in [7, 11) is 0. The fourth-order valence-electron chi connectivity index (χ4n) is 4.16. The number of likely N-dealkylation sites (tertiary alicyclic amines) is 1. The minimum absolute atomic E-state index is 0.327. The van der Waals surface area contributed by atoms with E-state index in [9.17, 15) is 4.79 Å². The van der Waals surface area contributed by atoms with Gasteiger partial charge in [0.05, 0.1) is 5.39 Å². The first-order chi connectivity index (χ1) is 12.7. The van der Waals surface area contributed by atoms with Gasteiger partial charge in [0.15, 0.2) is 0 Å². The van der Waals surface area contributed by atoms with Crippen LogP contribution in [0.15, 0.2) is 6.33 Å². The second-order valence-corrected chi connectivity index (χ2v) is 8.81. The van der Waals surface area contributed by atoms with Crippen LogP contribution in [0.1, 0.15) is 55.9 Å². The number of carbonyl (C=O) groups excluding carboxylic acids is 1. The SMILES string of the molecule is C[C@H]1CCc2c(sc3ncnc(NCCCN4CCCCCC4=O)c23)C1. The van der Waals surface area contributed by atoms with Crippen LogP contribution in [0.2, 0.25) is 0 Å². The average Bonchev–Trinajstić information content (AvgIpc) is 2.88. The molecule has 140 valence electrons. The molecular weight excluding hydrogens is 344 g/mol. The van der Waals surface area contributed by atoms with Gasteiger partial charge in [0.2, 0.25) is 5.91 Å². The van der Waals surface area contributed by atoms with Crippen LogP contribution in [0.5, 0.6) is 0 Å². The van der Waals surface area contributed by atoms with E-state index in [2.05, 4.69) is 22.2 Å². The summed E-state index contributed by atoms with van der Waals surface area (Å²) in [5, 5.41) is 4.76. The summed E-state index contributed by atoms with van der Waals surface area (Å²) >= 11 is 1.84. The predicted octanol–water partition coefficient (Wildman–Crippen LogP) is 4.02. The molecule has 1 amide bonds. The summed E-state index contributed by atoms with van der Waals surface area (Å²) in [4.78, 5) is 25.8. The maximum Gasteiger partial charge on any atom is 0.222 e. The van der Waals surface area contributed by atoms with Crippen molar-refractivity contribution >= 4 is 33.3 Å². The standard InChI is InChI=1S/C20H28N4OS/c1-14-7-8-15-16(12-14)26-20-18(15)19(22-13-23-20)21-9-5-11-24-10-4-2-3-6-17(24)25/h13-14H,2-12H2,1H3,(H,21,22,23)/t14-/m0/s1. The molecule has 0 bridgehead atoms. The van der Waals surface area contributed by atoms with E-state index in [-0.39, 0.29) is 0 Å². The number of thiophene rings is 1. The van der Waals surface area contributed by atoms with E-state index < -0.39 is 0 Å². The monoisotopic (exact) mass is 372 g/mol. The quantitative estimate of drug-likeness (QED) is 0.806. The summed E-state index contributed by atoms with van der Waals surface area (Å²) in [6, 6.07) is 0. The van der Waals surface area contributed by atoms with Gasteiger partial charge in [-0.3, -0.25) is 4.79 Å². The third-order valence-electron chi connectivity index (χ3n) is 5.66. The Labute approximate surface area is 159 Å². The van der Waals surface area contributed by atoms with Crippen molar-refractivity contribution in [3.8, 4) is 0 Å². The summed E-state index contributed by atoms with van der Waals surface area (Å²) in [5.74, 6) is 2.07. The molecule has 0 aromatic carbocycles. The molecule has 2 aromatic rings. The van der Waals surface area contributed by atoms with Gasteiger partial charge in [-0.2, -0.15) is 0 Å². The molecule has 0 unspecified atom stereocenters. The van der Waals surface area contributed by atoms with Crippen molar-refractivity contribution < 1.29 is 4.79 Å². The Morgan fingerprint density at radius 3 is 3.12 bits per heavy atom. The zero-order chi connectivity index (χ0) is 17.9. The van der Waals surface area contributed by atoms with E-state index in [1.165, 1.54) is 35.1 Å². The largest absolute Gasteiger partial charge is 0.369 e. The molecule has 6 heteroatoms. The van der Waals surface area contributed by atoms with E-state index in [4.69, 9.17) is 0 Å². The number of nitrogens with one attached hydrogen (secondary N) is 1. The molecule has 5 nitrogen and oxygen atoms in total. The highest BCUT2D eigenvalue weighted by Crippen LogP contribution is 2.39. The molecule has 1 fully saturated rings. The van der Waals surface area contributed by atoms with Gasteiger partial charge >= 0.3 is 0 Å². The normalized spacial score (nSPS) is 20.9. The van der Waals surface area contributed by atoms with E-state index >= 15 is 0 Å². The average molecular weight is 373 g/mol. The van der Waals surface area contributed by atoms with Crippen LogP contribution in [0.25, 0.3) is 10.2 Å². The van der Waals surface area contributed by atoms with Crippen molar-refractivity contribution in [2.45, 2.75) is 58.3 Å². The highest BCUT2D eigenvalue weighted by atomic mass is 32.1. The predicted molar refractivity (Wildman–Crippen MR) is 107 cm³/mol. The number of rotatable bonds is 5. The van der Waals surface area contributed by atoms with Crippen molar-refractivity contribution in [2.24, 2.45) is 5.92 Å². The van der Waals surface area contributed by atoms with Crippen LogP contribution in [0.3, 0.4) is 0 Å². The fourth-order valence-corrected chi connectivity index (χ4v) is 5.51. The molecule has 1 atom stereocenters. The van der Waals surface area contributed by atoms with Crippen molar-refractivity contribution in [2.75, 3.05) is 25.0 Å². The molecule has 1 N–H and O–H groups in total.